The predicted octanol–water partition coefficient (Wildman–Crippen LogP) is 3.24. The van der Waals surface area contributed by atoms with E-state index in [2.05, 4.69) is 6.07 Å². The Morgan fingerprint density at radius 3 is 2.56 bits per heavy atom. The van der Waals surface area contributed by atoms with Crippen molar-refractivity contribution >= 4 is 11.9 Å². The fourth-order valence-electron chi connectivity index (χ4n) is 3.97. The molecule has 1 heterocycles. The van der Waals surface area contributed by atoms with E-state index in [-0.39, 0.29) is 12.5 Å². The number of aliphatic carboxylic acids is 1. The lowest BCUT2D eigenvalue weighted by Crippen LogP contribution is -2.45. The van der Waals surface area contributed by atoms with E-state index in [1.54, 1.807) is 4.90 Å². The van der Waals surface area contributed by atoms with Crippen molar-refractivity contribution in [3.8, 4) is 0 Å². The zero-order valence-electron chi connectivity index (χ0n) is 14.2. The third-order valence-corrected chi connectivity index (χ3v) is 5.51. The number of hydrogen-bond donors (Lipinski definition) is 1. The fourth-order valence-corrected chi connectivity index (χ4v) is 3.97. The van der Waals surface area contributed by atoms with E-state index in [4.69, 9.17) is 0 Å². The number of rotatable bonds is 3. The van der Waals surface area contributed by atoms with Gasteiger partial charge in [-0.05, 0) is 36.5 Å². The summed E-state index contributed by atoms with van der Waals surface area (Å²) in [5, 5.41) is 9.62. The number of aryl methyl sites for hydroxylation is 1. The van der Waals surface area contributed by atoms with Crippen LogP contribution in [-0.4, -0.2) is 28.4 Å². The van der Waals surface area contributed by atoms with E-state index in [1.807, 2.05) is 49.4 Å². The fraction of sp³-hybridized carbons (Fsp3) is 0.333. The molecule has 25 heavy (non-hydrogen) atoms. The molecule has 1 aliphatic heterocycles. The molecule has 2 aromatic rings. The molecule has 1 unspecified atom stereocenters. The minimum atomic E-state index is -0.870. The molecule has 1 saturated carbocycles. The molecule has 0 spiro atoms. The Labute approximate surface area is 147 Å². The van der Waals surface area contributed by atoms with Gasteiger partial charge in [0, 0.05) is 13.1 Å². The molecule has 4 rings (SSSR count). The molecule has 0 aromatic heterocycles. The van der Waals surface area contributed by atoms with Crippen LogP contribution >= 0.6 is 0 Å². The van der Waals surface area contributed by atoms with Crippen LogP contribution in [0.3, 0.4) is 0 Å². The molecule has 1 atom stereocenters. The van der Waals surface area contributed by atoms with Gasteiger partial charge in [0.05, 0.1) is 11.3 Å². The Hall–Kier alpha value is -2.62. The highest BCUT2D eigenvalue weighted by Gasteiger charge is 2.53. The number of carboxylic acids is 1. The van der Waals surface area contributed by atoms with Gasteiger partial charge in [0.25, 0.3) is 0 Å². The average Bonchev–Trinajstić information content (AvgIpc) is 3.42. The summed E-state index contributed by atoms with van der Waals surface area (Å²) in [5.41, 5.74) is 3.52. The van der Waals surface area contributed by atoms with Crippen LogP contribution in [0.25, 0.3) is 0 Å². The molecular formula is C21H21NO3. The second kappa shape index (κ2) is 5.73. The van der Waals surface area contributed by atoms with Crippen molar-refractivity contribution in [2.24, 2.45) is 0 Å². The van der Waals surface area contributed by atoms with Gasteiger partial charge in [0.2, 0.25) is 5.91 Å². The van der Waals surface area contributed by atoms with Gasteiger partial charge >= 0.3 is 5.97 Å². The van der Waals surface area contributed by atoms with E-state index in [0.717, 1.165) is 35.1 Å². The lowest BCUT2D eigenvalue weighted by atomic mass is 9.87. The van der Waals surface area contributed by atoms with Gasteiger partial charge in [-0.2, -0.15) is 0 Å². The largest absolute Gasteiger partial charge is 0.481 e. The lowest BCUT2D eigenvalue weighted by Gasteiger charge is -2.35. The normalized spacial score (nSPS) is 20.7. The first kappa shape index (κ1) is 15.9. The molecule has 1 fully saturated rings. The van der Waals surface area contributed by atoms with Crippen molar-refractivity contribution < 1.29 is 14.7 Å². The molecule has 1 N–H and O–H groups in total. The maximum atomic E-state index is 13.3. The van der Waals surface area contributed by atoms with Gasteiger partial charge in [-0.15, -0.1) is 0 Å². The Kier molecular flexibility index (Phi) is 3.64. The summed E-state index contributed by atoms with van der Waals surface area (Å²) in [4.78, 5) is 26.8. The zero-order chi connectivity index (χ0) is 17.6. The standard InChI is InChI=1S/C21H21NO3/c1-14-5-4-7-16(11-14)21(9-10-21)20(25)22-12-15-6-2-3-8-17(15)18(13-22)19(23)24/h2-8,11,18H,9-10,12-13H2,1H3,(H,23,24). The smallest absolute Gasteiger partial charge is 0.312 e. The number of carbonyl (C=O) groups is 2. The molecule has 0 radical (unpaired) electrons. The van der Waals surface area contributed by atoms with E-state index in [9.17, 15) is 14.7 Å². The average molecular weight is 335 g/mol. The van der Waals surface area contributed by atoms with E-state index in [0.29, 0.717) is 6.54 Å². The molecule has 4 heteroatoms. The second-order valence-corrected chi connectivity index (χ2v) is 7.23. The third-order valence-electron chi connectivity index (χ3n) is 5.51. The minimum Gasteiger partial charge on any atom is -0.481 e. The SMILES string of the molecule is Cc1cccc(C2(C(=O)N3Cc4ccccc4C(C(=O)O)C3)CC2)c1. The predicted molar refractivity (Wildman–Crippen MR) is 94.3 cm³/mol. The van der Waals surface area contributed by atoms with Crippen molar-refractivity contribution in [1.29, 1.82) is 0 Å². The van der Waals surface area contributed by atoms with E-state index in [1.165, 1.54) is 0 Å². The summed E-state index contributed by atoms with van der Waals surface area (Å²) < 4.78 is 0. The van der Waals surface area contributed by atoms with Gasteiger partial charge in [-0.3, -0.25) is 9.59 Å². The first-order chi connectivity index (χ1) is 12.0. The number of carbonyl (C=O) groups excluding carboxylic acids is 1. The molecular weight excluding hydrogens is 314 g/mol. The first-order valence-corrected chi connectivity index (χ1v) is 8.68. The Morgan fingerprint density at radius 1 is 1.12 bits per heavy atom. The Bertz CT molecular complexity index is 854. The topological polar surface area (TPSA) is 57.6 Å². The summed E-state index contributed by atoms with van der Waals surface area (Å²) >= 11 is 0. The molecule has 0 saturated heterocycles. The molecule has 128 valence electrons. The number of benzene rings is 2. The van der Waals surface area contributed by atoms with Crippen LogP contribution in [0.2, 0.25) is 0 Å². The first-order valence-electron chi connectivity index (χ1n) is 8.68. The van der Waals surface area contributed by atoms with E-state index < -0.39 is 17.3 Å². The highest BCUT2D eigenvalue weighted by atomic mass is 16.4. The van der Waals surface area contributed by atoms with Crippen LogP contribution in [0, 0.1) is 6.92 Å². The van der Waals surface area contributed by atoms with Crippen molar-refractivity contribution in [3.05, 3.63) is 70.8 Å². The van der Waals surface area contributed by atoms with Gasteiger partial charge in [0.15, 0.2) is 0 Å². The minimum absolute atomic E-state index is 0.0684. The summed E-state index contributed by atoms with van der Waals surface area (Å²) in [5.74, 6) is -1.45. The Morgan fingerprint density at radius 2 is 1.88 bits per heavy atom. The van der Waals surface area contributed by atoms with Crippen LogP contribution in [-0.2, 0) is 21.5 Å². The number of hydrogen-bond acceptors (Lipinski definition) is 2. The molecule has 1 amide bonds. The molecule has 4 nitrogen and oxygen atoms in total. The maximum absolute atomic E-state index is 13.3. The maximum Gasteiger partial charge on any atom is 0.312 e. The number of fused-ring (bicyclic) bond motifs is 1. The molecule has 0 bridgehead atoms. The van der Waals surface area contributed by atoms with Crippen LogP contribution in [0.5, 0.6) is 0 Å². The van der Waals surface area contributed by atoms with Crippen LogP contribution in [0.1, 0.15) is 41.0 Å². The number of amides is 1. The second-order valence-electron chi connectivity index (χ2n) is 7.23. The quantitative estimate of drug-likeness (QED) is 0.937. The molecule has 2 aromatic carbocycles. The third kappa shape index (κ3) is 2.62. The van der Waals surface area contributed by atoms with Crippen molar-refractivity contribution in [1.82, 2.24) is 4.90 Å². The van der Waals surface area contributed by atoms with Gasteiger partial charge in [-0.1, -0.05) is 54.1 Å². The molecule has 2 aliphatic rings. The van der Waals surface area contributed by atoms with Crippen LogP contribution in [0.4, 0.5) is 0 Å². The highest BCUT2D eigenvalue weighted by Crippen LogP contribution is 2.50. The number of carboxylic acid groups (broad SMARTS) is 1. The van der Waals surface area contributed by atoms with Gasteiger partial charge in [-0.25, -0.2) is 0 Å². The summed E-state index contributed by atoms with van der Waals surface area (Å²) in [7, 11) is 0. The van der Waals surface area contributed by atoms with Gasteiger partial charge < -0.3 is 10.0 Å². The lowest BCUT2D eigenvalue weighted by molar-refractivity contribution is -0.142. The number of nitrogens with zero attached hydrogens (tertiary/aromatic N) is 1. The van der Waals surface area contributed by atoms with E-state index >= 15 is 0 Å². The van der Waals surface area contributed by atoms with Crippen molar-refractivity contribution in [2.45, 2.75) is 37.6 Å². The highest BCUT2D eigenvalue weighted by molar-refractivity contribution is 5.92. The van der Waals surface area contributed by atoms with Crippen LogP contribution < -0.4 is 0 Å². The Balaban J connectivity index is 1.66. The van der Waals surface area contributed by atoms with Crippen LogP contribution in [0.15, 0.2) is 48.5 Å². The summed E-state index contributed by atoms with van der Waals surface area (Å²) in [6.07, 6.45) is 1.68. The summed E-state index contributed by atoms with van der Waals surface area (Å²) in [6, 6.07) is 15.7. The molecule has 1 aliphatic carbocycles. The van der Waals surface area contributed by atoms with Gasteiger partial charge in [0.1, 0.15) is 0 Å². The van der Waals surface area contributed by atoms with Crippen molar-refractivity contribution in [2.75, 3.05) is 6.54 Å². The zero-order valence-corrected chi connectivity index (χ0v) is 14.2. The monoisotopic (exact) mass is 335 g/mol. The van der Waals surface area contributed by atoms with Crippen molar-refractivity contribution in [3.63, 3.8) is 0 Å². The summed E-state index contributed by atoms with van der Waals surface area (Å²) in [6.45, 7) is 2.77.